The topological polar surface area (TPSA) is 81.9 Å². The molecule has 0 atom stereocenters. The number of nitrogens with zero attached hydrogens (tertiary/aromatic N) is 4. The molecule has 3 heterocycles. The largest absolute Gasteiger partial charge is 0.497 e. The molecule has 140 valence electrons. The second kappa shape index (κ2) is 8.01. The first-order valence-corrected chi connectivity index (χ1v) is 9.45. The van der Waals surface area contributed by atoms with Crippen LogP contribution in [0.15, 0.2) is 66.3 Å². The second-order valence-electron chi connectivity index (χ2n) is 5.88. The molecule has 3 aromatic heterocycles. The molecule has 0 fully saturated rings. The second-order valence-corrected chi connectivity index (χ2v) is 6.91. The predicted molar refractivity (Wildman–Crippen MR) is 108 cm³/mol. The van der Waals surface area contributed by atoms with Crippen LogP contribution in [0, 0.1) is 0 Å². The number of thiophene rings is 1. The highest BCUT2D eigenvalue weighted by Gasteiger charge is 2.19. The van der Waals surface area contributed by atoms with Crippen molar-refractivity contribution in [2.24, 2.45) is 0 Å². The normalized spacial score (nSPS) is 10.6. The molecule has 4 rings (SSSR count). The van der Waals surface area contributed by atoms with Crippen molar-refractivity contribution in [3.8, 4) is 17.1 Å². The molecule has 1 N–H and O–H groups in total. The third kappa shape index (κ3) is 3.77. The van der Waals surface area contributed by atoms with Crippen molar-refractivity contribution < 1.29 is 9.53 Å². The van der Waals surface area contributed by atoms with Crippen LogP contribution in [0.2, 0.25) is 0 Å². The number of hydrogen-bond donors (Lipinski definition) is 1. The van der Waals surface area contributed by atoms with E-state index in [9.17, 15) is 4.79 Å². The van der Waals surface area contributed by atoms with Crippen molar-refractivity contribution in [1.29, 1.82) is 0 Å². The maximum atomic E-state index is 13.0. The van der Waals surface area contributed by atoms with Crippen molar-refractivity contribution in [2.45, 2.75) is 6.54 Å². The summed E-state index contributed by atoms with van der Waals surface area (Å²) in [7, 11) is 1.58. The molecule has 0 spiro atoms. The van der Waals surface area contributed by atoms with E-state index in [1.54, 1.807) is 61.2 Å². The van der Waals surface area contributed by atoms with Crippen LogP contribution in [-0.4, -0.2) is 32.8 Å². The fraction of sp³-hybridized carbons (Fsp3) is 0.100. The molecule has 1 aromatic carbocycles. The number of ether oxygens (including phenoxy) is 1. The van der Waals surface area contributed by atoms with Crippen LogP contribution in [0.1, 0.15) is 15.2 Å². The van der Waals surface area contributed by atoms with Gasteiger partial charge >= 0.3 is 0 Å². The molecule has 28 heavy (non-hydrogen) atoms. The van der Waals surface area contributed by atoms with E-state index in [4.69, 9.17) is 4.74 Å². The van der Waals surface area contributed by atoms with E-state index in [1.165, 1.54) is 4.68 Å². The summed E-state index contributed by atoms with van der Waals surface area (Å²) in [5.41, 5.74) is 1.23. The summed E-state index contributed by atoms with van der Waals surface area (Å²) >= 11 is 1.63. The van der Waals surface area contributed by atoms with Crippen molar-refractivity contribution in [3.63, 3.8) is 0 Å². The SMILES string of the molecule is COc1ccc(C(=O)n2nc(-c3cccnc3)nc2NCc2cccs2)cc1. The average molecular weight is 391 g/mol. The molecule has 0 saturated heterocycles. The van der Waals surface area contributed by atoms with Gasteiger partial charge < -0.3 is 10.1 Å². The molecule has 0 aliphatic heterocycles. The van der Waals surface area contributed by atoms with Gasteiger partial charge in [-0.2, -0.15) is 9.67 Å². The lowest BCUT2D eigenvalue weighted by Crippen LogP contribution is -2.17. The van der Waals surface area contributed by atoms with E-state index in [0.29, 0.717) is 29.6 Å². The van der Waals surface area contributed by atoms with E-state index < -0.39 is 0 Å². The van der Waals surface area contributed by atoms with Crippen molar-refractivity contribution in [1.82, 2.24) is 19.7 Å². The third-order valence-corrected chi connectivity index (χ3v) is 4.93. The van der Waals surface area contributed by atoms with Gasteiger partial charge in [-0.05, 0) is 47.8 Å². The van der Waals surface area contributed by atoms with E-state index >= 15 is 0 Å². The number of benzene rings is 1. The van der Waals surface area contributed by atoms with Crippen LogP contribution < -0.4 is 10.1 Å². The summed E-state index contributed by atoms with van der Waals surface area (Å²) < 4.78 is 6.45. The first kappa shape index (κ1) is 17.9. The van der Waals surface area contributed by atoms with Crippen LogP contribution in [-0.2, 0) is 6.54 Å². The van der Waals surface area contributed by atoms with E-state index in [1.807, 2.05) is 23.6 Å². The smallest absolute Gasteiger partial charge is 0.281 e. The lowest BCUT2D eigenvalue weighted by Gasteiger charge is -2.07. The Balaban J connectivity index is 1.68. The number of carbonyl (C=O) groups is 1. The molecule has 0 unspecified atom stereocenters. The van der Waals surface area contributed by atoms with Gasteiger partial charge in [-0.1, -0.05) is 6.07 Å². The van der Waals surface area contributed by atoms with Crippen LogP contribution in [0.5, 0.6) is 5.75 Å². The van der Waals surface area contributed by atoms with Gasteiger partial charge in [-0.25, -0.2) is 0 Å². The molecule has 0 radical (unpaired) electrons. The standard InChI is InChI=1S/C20H17N5O2S/c1-27-16-8-6-14(7-9-16)19(26)25-20(22-13-17-5-3-11-28-17)23-18(24-25)15-4-2-10-21-12-15/h2-12H,13H2,1H3,(H,22,23,24). The quantitative estimate of drug-likeness (QED) is 0.540. The summed E-state index contributed by atoms with van der Waals surface area (Å²) in [5.74, 6) is 1.22. The summed E-state index contributed by atoms with van der Waals surface area (Å²) in [5, 5.41) is 9.64. The number of anilines is 1. The third-order valence-electron chi connectivity index (χ3n) is 4.06. The number of carbonyl (C=O) groups excluding carboxylic acids is 1. The van der Waals surface area contributed by atoms with Crippen LogP contribution in [0.3, 0.4) is 0 Å². The summed E-state index contributed by atoms with van der Waals surface area (Å²) in [6.07, 6.45) is 3.35. The fourth-order valence-electron chi connectivity index (χ4n) is 2.62. The van der Waals surface area contributed by atoms with E-state index in [-0.39, 0.29) is 5.91 Å². The van der Waals surface area contributed by atoms with Gasteiger partial charge in [0.25, 0.3) is 5.91 Å². The first-order chi connectivity index (χ1) is 13.7. The molecule has 8 heteroatoms. The lowest BCUT2D eigenvalue weighted by molar-refractivity contribution is 0.0947. The number of pyridine rings is 1. The number of nitrogens with one attached hydrogen (secondary N) is 1. The van der Waals surface area contributed by atoms with Gasteiger partial charge in [-0.3, -0.25) is 9.78 Å². The Labute approximate surface area is 165 Å². The summed E-state index contributed by atoms with van der Waals surface area (Å²) in [6, 6.07) is 14.6. The molecule has 0 aliphatic carbocycles. The van der Waals surface area contributed by atoms with Gasteiger partial charge in [0.2, 0.25) is 5.95 Å². The Bertz CT molecular complexity index is 1060. The fourth-order valence-corrected chi connectivity index (χ4v) is 3.27. The highest BCUT2D eigenvalue weighted by molar-refractivity contribution is 7.09. The zero-order valence-corrected chi connectivity index (χ0v) is 15.9. The molecule has 0 aliphatic rings. The number of hydrogen-bond acceptors (Lipinski definition) is 7. The molecular weight excluding hydrogens is 374 g/mol. The van der Waals surface area contributed by atoms with Crippen molar-refractivity contribution in [3.05, 3.63) is 76.7 Å². The van der Waals surface area contributed by atoms with Gasteiger partial charge in [0, 0.05) is 28.4 Å². The van der Waals surface area contributed by atoms with Crippen LogP contribution >= 0.6 is 11.3 Å². The summed E-state index contributed by atoms with van der Waals surface area (Å²) in [6.45, 7) is 0.554. The Morgan fingerprint density at radius 3 is 2.71 bits per heavy atom. The number of methoxy groups -OCH3 is 1. The van der Waals surface area contributed by atoms with Gasteiger partial charge in [0.05, 0.1) is 13.7 Å². The summed E-state index contributed by atoms with van der Waals surface area (Å²) in [4.78, 5) is 22.8. The minimum atomic E-state index is -0.279. The Morgan fingerprint density at radius 2 is 2.04 bits per heavy atom. The maximum Gasteiger partial charge on any atom is 0.281 e. The molecular formula is C20H17N5O2S. The van der Waals surface area contributed by atoms with Crippen molar-refractivity contribution in [2.75, 3.05) is 12.4 Å². The Hall–Kier alpha value is -3.52. The van der Waals surface area contributed by atoms with Crippen LogP contribution in [0.4, 0.5) is 5.95 Å². The minimum Gasteiger partial charge on any atom is -0.497 e. The molecule has 0 bridgehead atoms. The van der Waals surface area contributed by atoms with Gasteiger partial charge in [-0.15, -0.1) is 16.4 Å². The van der Waals surface area contributed by atoms with Gasteiger partial charge in [0.1, 0.15) is 5.75 Å². The molecule has 0 amide bonds. The zero-order chi connectivity index (χ0) is 19.3. The lowest BCUT2D eigenvalue weighted by atomic mass is 10.2. The predicted octanol–water partition coefficient (Wildman–Crippen LogP) is 3.71. The number of rotatable bonds is 6. The average Bonchev–Trinajstić information content (AvgIpc) is 3.42. The Morgan fingerprint density at radius 1 is 1.18 bits per heavy atom. The monoisotopic (exact) mass is 391 g/mol. The van der Waals surface area contributed by atoms with Gasteiger partial charge in [0.15, 0.2) is 5.82 Å². The molecule has 0 saturated carbocycles. The maximum absolute atomic E-state index is 13.0. The van der Waals surface area contributed by atoms with Crippen LogP contribution in [0.25, 0.3) is 11.4 Å². The highest BCUT2D eigenvalue weighted by Crippen LogP contribution is 2.20. The first-order valence-electron chi connectivity index (χ1n) is 8.57. The minimum absolute atomic E-state index is 0.279. The Kier molecular flexibility index (Phi) is 5.11. The zero-order valence-electron chi connectivity index (χ0n) is 15.1. The van der Waals surface area contributed by atoms with E-state index in [2.05, 4.69) is 20.4 Å². The molecule has 7 nitrogen and oxygen atoms in total. The van der Waals surface area contributed by atoms with Crippen molar-refractivity contribution >= 4 is 23.2 Å². The number of aromatic nitrogens is 4. The highest BCUT2D eigenvalue weighted by atomic mass is 32.1. The van der Waals surface area contributed by atoms with E-state index in [0.717, 1.165) is 10.4 Å². The molecule has 4 aromatic rings.